The first-order valence-corrected chi connectivity index (χ1v) is 7.04. The Labute approximate surface area is 123 Å². The summed E-state index contributed by atoms with van der Waals surface area (Å²) in [5.74, 6) is -1.06. The summed E-state index contributed by atoms with van der Waals surface area (Å²) in [5, 5.41) is 9.80. The molecule has 1 aromatic heterocycles. The van der Waals surface area contributed by atoms with Gasteiger partial charge in [-0.25, -0.2) is 4.79 Å². The number of benzene rings is 1. The zero-order valence-electron chi connectivity index (χ0n) is 12.3. The van der Waals surface area contributed by atoms with Gasteiger partial charge in [-0.1, -0.05) is 6.07 Å². The van der Waals surface area contributed by atoms with E-state index in [9.17, 15) is 4.79 Å². The molecule has 0 atom stereocenters. The van der Waals surface area contributed by atoms with Crippen molar-refractivity contribution in [1.29, 1.82) is 0 Å². The highest BCUT2D eigenvalue weighted by molar-refractivity contribution is 5.91. The van der Waals surface area contributed by atoms with E-state index < -0.39 is 5.97 Å². The molecule has 3 rings (SSSR count). The summed E-state index contributed by atoms with van der Waals surface area (Å²) < 4.78 is 10.8. The summed E-state index contributed by atoms with van der Waals surface area (Å²) >= 11 is 0. The summed E-state index contributed by atoms with van der Waals surface area (Å²) in [6.45, 7) is 7.54. The molecule has 1 aromatic carbocycles. The van der Waals surface area contributed by atoms with E-state index in [1.165, 1.54) is 0 Å². The van der Waals surface area contributed by atoms with Crippen LogP contribution < -0.4 is 0 Å². The number of nitrogens with zero attached hydrogens (tertiary/aromatic N) is 1. The van der Waals surface area contributed by atoms with Crippen molar-refractivity contribution >= 4 is 16.9 Å². The molecule has 0 bridgehead atoms. The van der Waals surface area contributed by atoms with Crippen LogP contribution in [0.4, 0.5) is 0 Å². The van der Waals surface area contributed by atoms with Gasteiger partial charge in [0.2, 0.25) is 5.76 Å². The van der Waals surface area contributed by atoms with Crippen LogP contribution >= 0.6 is 0 Å². The maximum absolute atomic E-state index is 10.9. The van der Waals surface area contributed by atoms with Gasteiger partial charge in [0.1, 0.15) is 5.58 Å². The number of furan rings is 1. The average molecular weight is 289 g/mol. The molecule has 1 saturated heterocycles. The average Bonchev–Trinajstić information content (AvgIpc) is 2.84. The SMILES string of the molecule is CC1(C)COCCN1Cc1ccc2oc(C(=O)O)cc2c1. The Morgan fingerprint density at radius 2 is 2.19 bits per heavy atom. The fraction of sp³-hybridized carbons (Fsp3) is 0.438. The van der Waals surface area contributed by atoms with Crippen molar-refractivity contribution < 1.29 is 19.1 Å². The molecule has 0 spiro atoms. The Kier molecular flexibility index (Phi) is 3.47. The van der Waals surface area contributed by atoms with E-state index in [1.807, 2.05) is 18.2 Å². The molecule has 1 aliphatic heterocycles. The minimum atomic E-state index is -1.04. The van der Waals surface area contributed by atoms with Crippen molar-refractivity contribution in [1.82, 2.24) is 4.90 Å². The van der Waals surface area contributed by atoms with Crippen LogP contribution in [0.2, 0.25) is 0 Å². The second-order valence-electron chi connectivity index (χ2n) is 6.07. The van der Waals surface area contributed by atoms with Crippen molar-refractivity contribution in [3.8, 4) is 0 Å². The van der Waals surface area contributed by atoms with E-state index in [0.29, 0.717) is 5.58 Å². The van der Waals surface area contributed by atoms with Gasteiger partial charge in [-0.2, -0.15) is 0 Å². The van der Waals surface area contributed by atoms with E-state index in [1.54, 1.807) is 6.07 Å². The fourth-order valence-corrected chi connectivity index (χ4v) is 2.70. The molecular formula is C16H19NO4. The molecule has 1 fully saturated rings. The zero-order chi connectivity index (χ0) is 15.0. The molecule has 1 aliphatic rings. The third-order valence-corrected chi connectivity index (χ3v) is 3.98. The summed E-state index contributed by atoms with van der Waals surface area (Å²) in [5.41, 5.74) is 1.77. The molecule has 21 heavy (non-hydrogen) atoms. The first-order valence-electron chi connectivity index (χ1n) is 7.04. The summed E-state index contributed by atoms with van der Waals surface area (Å²) in [7, 11) is 0. The summed E-state index contributed by atoms with van der Waals surface area (Å²) in [6, 6.07) is 7.40. The number of hydrogen-bond acceptors (Lipinski definition) is 4. The number of ether oxygens (including phenoxy) is 1. The Bertz CT molecular complexity index is 674. The number of carbonyl (C=O) groups is 1. The third-order valence-electron chi connectivity index (χ3n) is 3.98. The first kappa shape index (κ1) is 14.1. The van der Waals surface area contributed by atoms with Crippen molar-refractivity contribution in [2.24, 2.45) is 0 Å². The van der Waals surface area contributed by atoms with E-state index in [0.717, 1.165) is 37.3 Å². The van der Waals surface area contributed by atoms with E-state index >= 15 is 0 Å². The lowest BCUT2D eigenvalue weighted by Crippen LogP contribution is -2.52. The van der Waals surface area contributed by atoms with Gasteiger partial charge in [-0.3, -0.25) is 4.90 Å². The molecule has 0 radical (unpaired) electrons. The Hall–Kier alpha value is -1.85. The van der Waals surface area contributed by atoms with Crippen molar-refractivity contribution in [3.63, 3.8) is 0 Å². The Morgan fingerprint density at radius 3 is 2.90 bits per heavy atom. The second-order valence-corrected chi connectivity index (χ2v) is 6.07. The van der Waals surface area contributed by atoms with Gasteiger partial charge >= 0.3 is 5.97 Å². The third kappa shape index (κ3) is 2.80. The maximum atomic E-state index is 10.9. The van der Waals surface area contributed by atoms with Crippen LogP contribution in [0, 0.1) is 0 Å². The van der Waals surface area contributed by atoms with Crippen LogP contribution in [0.1, 0.15) is 30.0 Å². The Balaban J connectivity index is 1.85. The van der Waals surface area contributed by atoms with Crippen LogP contribution in [-0.4, -0.2) is 41.3 Å². The summed E-state index contributed by atoms with van der Waals surface area (Å²) in [6.07, 6.45) is 0. The zero-order valence-corrected chi connectivity index (χ0v) is 12.3. The topological polar surface area (TPSA) is 62.9 Å². The highest BCUT2D eigenvalue weighted by Gasteiger charge is 2.30. The van der Waals surface area contributed by atoms with Gasteiger partial charge < -0.3 is 14.3 Å². The van der Waals surface area contributed by atoms with Gasteiger partial charge in [-0.15, -0.1) is 0 Å². The van der Waals surface area contributed by atoms with E-state index in [2.05, 4.69) is 18.7 Å². The van der Waals surface area contributed by atoms with Crippen LogP contribution in [-0.2, 0) is 11.3 Å². The maximum Gasteiger partial charge on any atom is 0.371 e. The molecular weight excluding hydrogens is 270 g/mol. The normalized spacial score (nSPS) is 19.0. The van der Waals surface area contributed by atoms with Gasteiger partial charge in [0.05, 0.1) is 13.2 Å². The molecule has 112 valence electrons. The molecule has 0 aliphatic carbocycles. The molecule has 0 unspecified atom stereocenters. The molecule has 2 aromatic rings. The molecule has 0 amide bonds. The number of hydrogen-bond donors (Lipinski definition) is 1. The standard InChI is InChI=1S/C16H19NO4/c1-16(2)10-20-6-5-17(16)9-11-3-4-13-12(7-11)8-14(21-13)15(18)19/h3-4,7-8H,5-6,9-10H2,1-2H3,(H,18,19). The highest BCUT2D eigenvalue weighted by Crippen LogP contribution is 2.25. The van der Waals surface area contributed by atoms with Gasteiger partial charge in [0.25, 0.3) is 0 Å². The predicted octanol–water partition coefficient (Wildman–Crippen LogP) is 2.74. The minimum absolute atomic E-state index is 0.00975. The molecule has 5 nitrogen and oxygen atoms in total. The number of morpholine rings is 1. The molecule has 1 N–H and O–H groups in total. The van der Waals surface area contributed by atoms with Crippen LogP contribution in [0.25, 0.3) is 11.0 Å². The van der Waals surface area contributed by atoms with Crippen LogP contribution in [0.5, 0.6) is 0 Å². The second kappa shape index (κ2) is 5.16. The lowest BCUT2D eigenvalue weighted by Gasteiger charge is -2.42. The lowest BCUT2D eigenvalue weighted by atomic mass is 10.0. The van der Waals surface area contributed by atoms with Crippen LogP contribution in [0.15, 0.2) is 28.7 Å². The van der Waals surface area contributed by atoms with Crippen LogP contribution in [0.3, 0.4) is 0 Å². The van der Waals surface area contributed by atoms with Gasteiger partial charge in [0, 0.05) is 24.0 Å². The Morgan fingerprint density at radius 1 is 1.38 bits per heavy atom. The number of rotatable bonds is 3. The largest absolute Gasteiger partial charge is 0.475 e. The fourth-order valence-electron chi connectivity index (χ4n) is 2.70. The monoisotopic (exact) mass is 289 g/mol. The number of carboxylic acid groups (broad SMARTS) is 1. The van der Waals surface area contributed by atoms with E-state index in [4.69, 9.17) is 14.3 Å². The number of aromatic carboxylic acids is 1. The molecule has 5 heteroatoms. The number of fused-ring (bicyclic) bond motifs is 1. The first-order chi connectivity index (χ1) is 9.95. The quantitative estimate of drug-likeness (QED) is 0.941. The molecule has 2 heterocycles. The minimum Gasteiger partial charge on any atom is -0.475 e. The number of carboxylic acids is 1. The van der Waals surface area contributed by atoms with Crippen molar-refractivity contribution in [2.45, 2.75) is 25.9 Å². The van der Waals surface area contributed by atoms with Gasteiger partial charge in [-0.05, 0) is 37.6 Å². The van der Waals surface area contributed by atoms with Gasteiger partial charge in [0.15, 0.2) is 0 Å². The predicted molar refractivity (Wildman–Crippen MR) is 78.5 cm³/mol. The highest BCUT2D eigenvalue weighted by atomic mass is 16.5. The summed E-state index contributed by atoms with van der Waals surface area (Å²) in [4.78, 5) is 13.3. The van der Waals surface area contributed by atoms with Crippen molar-refractivity contribution in [3.05, 3.63) is 35.6 Å². The lowest BCUT2D eigenvalue weighted by molar-refractivity contribution is -0.0552. The molecule has 0 saturated carbocycles. The smallest absolute Gasteiger partial charge is 0.371 e. The van der Waals surface area contributed by atoms with E-state index in [-0.39, 0.29) is 11.3 Å². The van der Waals surface area contributed by atoms with Crippen molar-refractivity contribution in [2.75, 3.05) is 19.8 Å².